The van der Waals surface area contributed by atoms with E-state index in [-0.39, 0.29) is 36.2 Å². The number of nitrogens with one attached hydrogen (secondary N) is 1. The van der Waals surface area contributed by atoms with Crippen LogP contribution in [0.2, 0.25) is 0 Å². The maximum atomic E-state index is 5.95. The summed E-state index contributed by atoms with van der Waals surface area (Å²) in [7, 11) is 0. The molecule has 1 N–H and O–H groups in total. The summed E-state index contributed by atoms with van der Waals surface area (Å²) in [4.78, 5) is 7.18. The number of ether oxygens (including phenoxy) is 2. The Morgan fingerprint density at radius 1 is 1.24 bits per heavy atom. The first-order chi connectivity index (χ1) is 11.8. The molecule has 0 amide bonds. The number of aliphatic imine (C=N–C) groups is 1. The first-order valence-corrected chi connectivity index (χ1v) is 9.09. The molecule has 2 fully saturated rings. The lowest BCUT2D eigenvalue weighted by atomic mass is 10.1. The summed E-state index contributed by atoms with van der Waals surface area (Å²) in [6.07, 6.45) is 2.65. The Morgan fingerprint density at radius 2 is 2.04 bits per heavy atom. The number of halogens is 1. The van der Waals surface area contributed by atoms with Gasteiger partial charge in [-0.25, -0.2) is 4.99 Å². The number of guanidine groups is 1. The average Bonchev–Trinajstić information content (AvgIpc) is 3.15. The third-order valence-electron chi connectivity index (χ3n) is 4.77. The molecule has 1 aromatic carbocycles. The number of nitrogens with zero attached hydrogens (tertiary/aromatic N) is 2. The maximum Gasteiger partial charge on any atom is 0.194 e. The van der Waals surface area contributed by atoms with E-state index in [0.717, 1.165) is 51.6 Å². The van der Waals surface area contributed by atoms with Gasteiger partial charge in [-0.1, -0.05) is 24.3 Å². The fraction of sp³-hybridized carbons (Fsp3) is 0.632. The monoisotopic (exact) mass is 459 g/mol. The van der Waals surface area contributed by atoms with Gasteiger partial charge in [-0.15, -0.1) is 24.0 Å². The van der Waals surface area contributed by atoms with E-state index in [1.165, 1.54) is 11.1 Å². The topological polar surface area (TPSA) is 46.1 Å². The number of hydrogen-bond donors (Lipinski definition) is 1. The standard InChI is InChI=1S/C19H29N3O2.HI/c1-3-20-19(21-13-16-8-5-4-7-15(16)2)22-10-12-24-18(14-22)17-9-6-11-23-17;/h4-5,7-8,17-18H,3,6,9-14H2,1-2H3,(H,20,21);1H. The third kappa shape index (κ3) is 5.56. The van der Waals surface area contributed by atoms with Crippen molar-refractivity contribution in [3.63, 3.8) is 0 Å². The predicted molar refractivity (Wildman–Crippen MR) is 112 cm³/mol. The van der Waals surface area contributed by atoms with Crippen LogP contribution in [0.15, 0.2) is 29.3 Å². The zero-order chi connectivity index (χ0) is 16.8. The summed E-state index contributed by atoms with van der Waals surface area (Å²) in [6.45, 7) is 9.16. The summed E-state index contributed by atoms with van der Waals surface area (Å²) in [5.74, 6) is 0.979. The Kier molecular flexibility index (Phi) is 8.45. The molecule has 0 radical (unpaired) electrons. The molecule has 0 aliphatic carbocycles. The molecule has 2 atom stereocenters. The van der Waals surface area contributed by atoms with Gasteiger partial charge in [-0.2, -0.15) is 0 Å². The van der Waals surface area contributed by atoms with E-state index in [1.54, 1.807) is 0 Å². The van der Waals surface area contributed by atoms with Crippen LogP contribution in [0.1, 0.15) is 30.9 Å². The Morgan fingerprint density at radius 3 is 2.76 bits per heavy atom. The zero-order valence-corrected chi connectivity index (χ0v) is 17.6. The van der Waals surface area contributed by atoms with Crippen molar-refractivity contribution >= 4 is 29.9 Å². The summed E-state index contributed by atoms with van der Waals surface area (Å²) < 4.78 is 11.8. The normalized spacial score (nSPS) is 24.1. The van der Waals surface area contributed by atoms with Crippen LogP contribution in [0, 0.1) is 6.92 Å². The van der Waals surface area contributed by atoms with Crippen LogP contribution in [-0.2, 0) is 16.0 Å². The van der Waals surface area contributed by atoms with Gasteiger partial charge in [-0.3, -0.25) is 0 Å². The largest absolute Gasteiger partial charge is 0.375 e. The van der Waals surface area contributed by atoms with Gasteiger partial charge in [0, 0.05) is 26.2 Å². The van der Waals surface area contributed by atoms with Crippen molar-refractivity contribution < 1.29 is 9.47 Å². The molecule has 3 rings (SSSR count). The molecule has 0 aromatic heterocycles. The van der Waals surface area contributed by atoms with Crippen LogP contribution in [0.25, 0.3) is 0 Å². The van der Waals surface area contributed by atoms with E-state index in [1.807, 2.05) is 0 Å². The minimum Gasteiger partial charge on any atom is -0.375 e. The SMILES string of the molecule is CCNC(=NCc1ccccc1C)N1CCOC(C2CCCO2)C1.I. The van der Waals surface area contributed by atoms with Crippen molar-refractivity contribution in [2.75, 3.05) is 32.8 Å². The molecule has 1 aromatic rings. The molecule has 2 aliphatic rings. The maximum absolute atomic E-state index is 5.95. The van der Waals surface area contributed by atoms with Gasteiger partial charge in [0.05, 0.1) is 19.3 Å². The van der Waals surface area contributed by atoms with Gasteiger partial charge in [0.1, 0.15) is 6.10 Å². The quantitative estimate of drug-likeness (QED) is 0.428. The second-order valence-electron chi connectivity index (χ2n) is 6.50. The first kappa shape index (κ1) is 20.5. The highest BCUT2D eigenvalue weighted by Gasteiger charge is 2.32. The third-order valence-corrected chi connectivity index (χ3v) is 4.77. The van der Waals surface area contributed by atoms with E-state index in [2.05, 4.69) is 48.3 Å². The van der Waals surface area contributed by atoms with Crippen molar-refractivity contribution in [3.05, 3.63) is 35.4 Å². The molecule has 0 bridgehead atoms. The van der Waals surface area contributed by atoms with Crippen LogP contribution in [0.4, 0.5) is 0 Å². The van der Waals surface area contributed by atoms with E-state index in [9.17, 15) is 0 Å². The lowest BCUT2D eigenvalue weighted by Crippen LogP contribution is -2.53. The number of morpholine rings is 1. The van der Waals surface area contributed by atoms with Gasteiger partial charge < -0.3 is 19.7 Å². The fourth-order valence-corrected chi connectivity index (χ4v) is 3.36. The molecule has 25 heavy (non-hydrogen) atoms. The number of benzene rings is 1. The Bertz CT molecular complexity index is 561. The molecule has 140 valence electrons. The highest BCUT2D eigenvalue weighted by atomic mass is 127. The van der Waals surface area contributed by atoms with Crippen molar-refractivity contribution in [3.8, 4) is 0 Å². The van der Waals surface area contributed by atoms with Crippen molar-refractivity contribution in [1.82, 2.24) is 10.2 Å². The highest BCUT2D eigenvalue weighted by Crippen LogP contribution is 2.21. The Balaban J connectivity index is 0.00000225. The Labute approximate surface area is 168 Å². The zero-order valence-electron chi connectivity index (χ0n) is 15.2. The van der Waals surface area contributed by atoms with Crippen LogP contribution in [0.3, 0.4) is 0 Å². The van der Waals surface area contributed by atoms with E-state index < -0.39 is 0 Å². The number of aryl methyl sites for hydroxylation is 1. The molecule has 2 heterocycles. The van der Waals surface area contributed by atoms with Gasteiger partial charge in [0.2, 0.25) is 0 Å². The lowest BCUT2D eigenvalue weighted by Gasteiger charge is -2.37. The van der Waals surface area contributed by atoms with Crippen LogP contribution in [0.5, 0.6) is 0 Å². The molecule has 2 saturated heterocycles. The van der Waals surface area contributed by atoms with Crippen molar-refractivity contribution in [2.24, 2.45) is 4.99 Å². The predicted octanol–water partition coefficient (Wildman–Crippen LogP) is 2.96. The molecule has 2 aliphatic heterocycles. The second kappa shape index (κ2) is 10.3. The second-order valence-corrected chi connectivity index (χ2v) is 6.50. The molecule has 5 nitrogen and oxygen atoms in total. The molecule has 6 heteroatoms. The van der Waals surface area contributed by atoms with E-state index in [4.69, 9.17) is 14.5 Å². The summed E-state index contributed by atoms with van der Waals surface area (Å²) >= 11 is 0. The lowest BCUT2D eigenvalue weighted by molar-refractivity contribution is -0.0817. The van der Waals surface area contributed by atoms with E-state index in [0.29, 0.717) is 6.54 Å². The van der Waals surface area contributed by atoms with Crippen LogP contribution >= 0.6 is 24.0 Å². The summed E-state index contributed by atoms with van der Waals surface area (Å²) in [6, 6.07) is 8.44. The first-order valence-electron chi connectivity index (χ1n) is 9.09. The van der Waals surface area contributed by atoms with Crippen LogP contribution in [-0.4, -0.2) is 55.9 Å². The average molecular weight is 459 g/mol. The van der Waals surface area contributed by atoms with Crippen LogP contribution < -0.4 is 5.32 Å². The summed E-state index contributed by atoms with van der Waals surface area (Å²) in [5, 5.41) is 3.43. The van der Waals surface area contributed by atoms with Gasteiger partial charge in [0.15, 0.2) is 5.96 Å². The van der Waals surface area contributed by atoms with E-state index >= 15 is 0 Å². The summed E-state index contributed by atoms with van der Waals surface area (Å²) in [5.41, 5.74) is 2.56. The molecule has 0 spiro atoms. The van der Waals surface area contributed by atoms with Crippen molar-refractivity contribution in [2.45, 2.75) is 45.4 Å². The number of hydrogen-bond acceptors (Lipinski definition) is 3. The highest BCUT2D eigenvalue weighted by molar-refractivity contribution is 14.0. The minimum absolute atomic E-state index is 0. The van der Waals surface area contributed by atoms with Gasteiger partial charge in [-0.05, 0) is 37.8 Å². The smallest absolute Gasteiger partial charge is 0.194 e. The van der Waals surface area contributed by atoms with Crippen molar-refractivity contribution in [1.29, 1.82) is 0 Å². The Hall–Kier alpha value is -0.860. The molecular formula is C19H30IN3O2. The molecule has 0 saturated carbocycles. The number of rotatable bonds is 4. The minimum atomic E-state index is 0. The molecule has 2 unspecified atom stereocenters. The van der Waals surface area contributed by atoms with Gasteiger partial charge >= 0.3 is 0 Å². The fourth-order valence-electron chi connectivity index (χ4n) is 3.36. The van der Waals surface area contributed by atoms with Gasteiger partial charge in [0.25, 0.3) is 0 Å². The molecular weight excluding hydrogens is 429 g/mol.